The van der Waals surface area contributed by atoms with Crippen LogP contribution in [0.4, 0.5) is 0 Å². The van der Waals surface area contributed by atoms with E-state index in [2.05, 4.69) is 28.2 Å². The van der Waals surface area contributed by atoms with E-state index in [9.17, 15) is 10.1 Å². The van der Waals surface area contributed by atoms with E-state index in [0.29, 0.717) is 27.4 Å². The second-order valence-corrected chi connectivity index (χ2v) is 7.83. The van der Waals surface area contributed by atoms with E-state index in [1.807, 2.05) is 18.2 Å². The van der Waals surface area contributed by atoms with Gasteiger partial charge in [-0.15, -0.1) is 11.3 Å². The molecule has 5 nitrogen and oxygen atoms in total. The predicted molar refractivity (Wildman–Crippen MR) is 97.3 cm³/mol. The number of piperidine rings is 3. The summed E-state index contributed by atoms with van der Waals surface area (Å²) in [7, 11) is 0. The minimum Gasteiger partial charge on any atom is -0.347 e. The van der Waals surface area contributed by atoms with Crippen LogP contribution in [-0.4, -0.2) is 41.0 Å². The van der Waals surface area contributed by atoms with Crippen molar-refractivity contribution in [2.45, 2.75) is 31.8 Å². The number of nitrogens with one attached hydrogen (secondary N) is 1. The van der Waals surface area contributed by atoms with Crippen molar-refractivity contribution in [3.05, 3.63) is 40.9 Å². The van der Waals surface area contributed by atoms with Crippen LogP contribution in [0.1, 0.15) is 35.0 Å². The SMILES string of the molecule is CC1C(NC(=O)c2cnc(-c3ccccc3C#N)s2)C2CCN1CC2. The molecule has 1 amide bonds. The van der Waals surface area contributed by atoms with Gasteiger partial charge in [-0.3, -0.25) is 9.69 Å². The first kappa shape index (κ1) is 16.2. The molecule has 3 fully saturated rings. The number of hydrogen-bond donors (Lipinski definition) is 1. The Kier molecular flexibility index (Phi) is 4.28. The zero-order chi connectivity index (χ0) is 17.4. The molecule has 0 aliphatic carbocycles. The Morgan fingerprint density at radius 3 is 2.84 bits per heavy atom. The summed E-state index contributed by atoms with van der Waals surface area (Å²) in [4.78, 5) is 20.1. The van der Waals surface area contributed by atoms with Gasteiger partial charge in [0.25, 0.3) is 5.91 Å². The molecule has 6 heteroatoms. The summed E-state index contributed by atoms with van der Waals surface area (Å²) in [6, 6.07) is 10.1. The van der Waals surface area contributed by atoms with Gasteiger partial charge in [0.15, 0.2) is 0 Å². The van der Waals surface area contributed by atoms with Gasteiger partial charge in [-0.1, -0.05) is 18.2 Å². The molecule has 3 saturated heterocycles. The largest absolute Gasteiger partial charge is 0.347 e. The van der Waals surface area contributed by atoms with Gasteiger partial charge >= 0.3 is 0 Å². The van der Waals surface area contributed by atoms with Gasteiger partial charge in [0.05, 0.1) is 17.8 Å². The quantitative estimate of drug-likeness (QED) is 0.922. The third-order valence-electron chi connectivity index (χ3n) is 5.48. The van der Waals surface area contributed by atoms with Crippen molar-refractivity contribution in [1.82, 2.24) is 15.2 Å². The highest BCUT2D eigenvalue weighted by Gasteiger charge is 2.40. The maximum absolute atomic E-state index is 12.7. The summed E-state index contributed by atoms with van der Waals surface area (Å²) in [5.41, 5.74) is 1.36. The van der Waals surface area contributed by atoms with E-state index in [1.165, 1.54) is 24.2 Å². The lowest BCUT2D eigenvalue weighted by atomic mass is 9.79. The van der Waals surface area contributed by atoms with Gasteiger partial charge in [-0.25, -0.2) is 4.98 Å². The van der Waals surface area contributed by atoms with E-state index in [4.69, 9.17) is 0 Å². The molecule has 5 rings (SSSR count). The fourth-order valence-corrected chi connectivity index (χ4v) is 4.90. The molecule has 3 aliphatic heterocycles. The average molecular weight is 352 g/mol. The normalized spacial score (nSPS) is 27.7. The molecule has 2 aromatic rings. The molecule has 1 aromatic carbocycles. The van der Waals surface area contributed by atoms with Crippen molar-refractivity contribution in [3.8, 4) is 16.6 Å². The van der Waals surface area contributed by atoms with Crippen LogP contribution < -0.4 is 5.32 Å². The standard InChI is InChI=1S/C19H20N4OS/c1-12-17(13-6-8-23(12)9-7-13)22-18(24)16-11-21-19(25-16)15-5-3-2-4-14(15)10-20/h2-5,11-13,17H,6-9H2,1H3,(H,22,24). The molecule has 3 aliphatic rings. The number of rotatable bonds is 3. The number of carbonyl (C=O) groups excluding carboxylic acids is 1. The second kappa shape index (κ2) is 6.58. The monoisotopic (exact) mass is 352 g/mol. The third kappa shape index (κ3) is 2.94. The van der Waals surface area contributed by atoms with Gasteiger partial charge in [0.2, 0.25) is 0 Å². The third-order valence-corrected chi connectivity index (χ3v) is 6.51. The highest BCUT2D eigenvalue weighted by atomic mass is 32.1. The Morgan fingerprint density at radius 2 is 2.12 bits per heavy atom. The Morgan fingerprint density at radius 1 is 1.36 bits per heavy atom. The van der Waals surface area contributed by atoms with Crippen molar-refractivity contribution in [2.75, 3.05) is 13.1 Å². The first-order valence-electron chi connectivity index (χ1n) is 8.67. The lowest BCUT2D eigenvalue weighted by Crippen LogP contribution is -2.62. The molecule has 2 unspecified atom stereocenters. The number of benzene rings is 1. The molecule has 0 radical (unpaired) electrons. The van der Waals surface area contributed by atoms with Crippen LogP contribution in [0, 0.1) is 17.2 Å². The highest BCUT2D eigenvalue weighted by Crippen LogP contribution is 2.33. The summed E-state index contributed by atoms with van der Waals surface area (Å²) in [5.74, 6) is 0.527. The molecule has 25 heavy (non-hydrogen) atoms. The summed E-state index contributed by atoms with van der Waals surface area (Å²) in [5, 5.41) is 13.2. The summed E-state index contributed by atoms with van der Waals surface area (Å²) >= 11 is 1.35. The predicted octanol–water partition coefficient (Wildman–Crippen LogP) is 2.89. The van der Waals surface area contributed by atoms with Gasteiger partial charge in [-0.05, 0) is 44.8 Å². The molecule has 128 valence electrons. The number of hydrogen-bond acceptors (Lipinski definition) is 5. The van der Waals surface area contributed by atoms with Crippen LogP contribution in [0.25, 0.3) is 10.6 Å². The van der Waals surface area contributed by atoms with Crippen LogP contribution in [0.15, 0.2) is 30.5 Å². The van der Waals surface area contributed by atoms with Gasteiger partial charge in [0.1, 0.15) is 9.88 Å². The van der Waals surface area contributed by atoms with Crippen LogP contribution in [-0.2, 0) is 0 Å². The lowest BCUT2D eigenvalue weighted by Gasteiger charge is -2.49. The Hall–Kier alpha value is -2.23. The number of fused-ring (bicyclic) bond motifs is 3. The molecule has 1 N–H and O–H groups in total. The fourth-order valence-electron chi connectivity index (χ4n) is 4.04. The smallest absolute Gasteiger partial charge is 0.263 e. The number of amides is 1. The molecule has 0 saturated carbocycles. The van der Waals surface area contributed by atoms with Crippen LogP contribution >= 0.6 is 11.3 Å². The number of nitrogens with zero attached hydrogens (tertiary/aromatic N) is 3. The van der Waals surface area contributed by atoms with Gasteiger partial charge in [-0.2, -0.15) is 5.26 Å². The van der Waals surface area contributed by atoms with E-state index in [1.54, 1.807) is 12.3 Å². The van der Waals surface area contributed by atoms with Crippen LogP contribution in [0.5, 0.6) is 0 Å². The lowest BCUT2D eigenvalue weighted by molar-refractivity contribution is 0.0218. The van der Waals surface area contributed by atoms with E-state index >= 15 is 0 Å². The average Bonchev–Trinajstić information content (AvgIpc) is 3.15. The molecular weight excluding hydrogens is 332 g/mol. The van der Waals surface area contributed by atoms with Crippen molar-refractivity contribution in [2.24, 2.45) is 5.92 Å². The van der Waals surface area contributed by atoms with Crippen LogP contribution in [0.3, 0.4) is 0 Å². The van der Waals surface area contributed by atoms with Crippen molar-refractivity contribution < 1.29 is 4.79 Å². The van der Waals surface area contributed by atoms with Crippen molar-refractivity contribution >= 4 is 17.2 Å². The van der Waals surface area contributed by atoms with Gasteiger partial charge < -0.3 is 5.32 Å². The Balaban J connectivity index is 1.52. The van der Waals surface area contributed by atoms with Crippen LogP contribution in [0.2, 0.25) is 0 Å². The van der Waals surface area contributed by atoms with E-state index in [0.717, 1.165) is 18.7 Å². The zero-order valence-electron chi connectivity index (χ0n) is 14.1. The maximum Gasteiger partial charge on any atom is 0.263 e. The maximum atomic E-state index is 12.7. The summed E-state index contributed by atoms with van der Waals surface area (Å²) < 4.78 is 0. The molecular formula is C19H20N4OS. The van der Waals surface area contributed by atoms with Gasteiger partial charge in [0, 0.05) is 17.6 Å². The second-order valence-electron chi connectivity index (χ2n) is 6.80. The number of nitriles is 1. The summed E-state index contributed by atoms with van der Waals surface area (Å²) in [6.07, 6.45) is 3.95. The number of carbonyl (C=O) groups is 1. The molecule has 2 atom stereocenters. The molecule has 1 aromatic heterocycles. The summed E-state index contributed by atoms with van der Waals surface area (Å²) in [6.45, 7) is 4.50. The first-order chi connectivity index (χ1) is 12.2. The fraction of sp³-hybridized carbons (Fsp3) is 0.421. The van der Waals surface area contributed by atoms with Crippen molar-refractivity contribution in [1.29, 1.82) is 5.26 Å². The first-order valence-corrected chi connectivity index (χ1v) is 9.49. The molecule has 2 bridgehead atoms. The Labute approximate surface area is 151 Å². The minimum absolute atomic E-state index is 0.0520. The topological polar surface area (TPSA) is 69.0 Å². The van der Waals surface area contributed by atoms with Crippen molar-refractivity contribution in [3.63, 3.8) is 0 Å². The highest BCUT2D eigenvalue weighted by molar-refractivity contribution is 7.16. The molecule has 4 heterocycles. The number of thiazole rings is 1. The van der Waals surface area contributed by atoms with E-state index < -0.39 is 0 Å². The molecule has 0 spiro atoms. The minimum atomic E-state index is -0.0520. The van der Waals surface area contributed by atoms with E-state index in [-0.39, 0.29) is 11.9 Å². The Bertz CT molecular complexity index is 830. The zero-order valence-corrected chi connectivity index (χ0v) is 14.9. The number of aromatic nitrogens is 1.